The molecule has 5 nitrogen and oxygen atoms in total. The van der Waals surface area contributed by atoms with Crippen molar-refractivity contribution in [2.24, 2.45) is 18.4 Å². The predicted molar refractivity (Wildman–Crippen MR) is 76.9 cm³/mol. The molecule has 1 saturated heterocycles. The summed E-state index contributed by atoms with van der Waals surface area (Å²) in [5.41, 5.74) is 1.14. The molecule has 1 unspecified atom stereocenters. The first-order valence-electron chi connectivity index (χ1n) is 7.65. The van der Waals surface area contributed by atoms with Crippen molar-refractivity contribution < 1.29 is 4.79 Å². The van der Waals surface area contributed by atoms with Crippen LogP contribution < -0.4 is 10.6 Å². The van der Waals surface area contributed by atoms with Crippen LogP contribution in [0.5, 0.6) is 0 Å². The molecule has 0 bridgehead atoms. The van der Waals surface area contributed by atoms with Crippen molar-refractivity contribution in [2.45, 2.75) is 38.6 Å². The second-order valence-electron chi connectivity index (χ2n) is 6.35. The number of imidazole rings is 1. The lowest BCUT2D eigenvalue weighted by atomic mass is 9.67. The van der Waals surface area contributed by atoms with E-state index in [9.17, 15) is 4.79 Å². The molecule has 1 aromatic heterocycles. The Bertz CT molecular complexity index is 476. The minimum Gasteiger partial charge on any atom is -0.350 e. The summed E-state index contributed by atoms with van der Waals surface area (Å²) < 4.78 is 1.90. The molecule has 2 aliphatic rings. The Morgan fingerprint density at radius 2 is 2.30 bits per heavy atom. The Kier molecular flexibility index (Phi) is 3.78. The van der Waals surface area contributed by atoms with Crippen LogP contribution in [0.15, 0.2) is 12.5 Å². The molecule has 1 atom stereocenters. The van der Waals surface area contributed by atoms with Crippen LogP contribution >= 0.6 is 0 Å². The number of carbonyl (C=O) groups excluding carboxylic acids is 1. The maximum absolute atomic E-state index is 12.5. The van der Waals surface area contributed by atoms with E-state index in [-0.39, 0.29) is 17.2 Å². The zero-order valence-electron chi connectivity index (χ0n) is 12.2. The van der Waals surface area contributed by atoms with E-state index in [2.05, 4.69) is 15.6 Å². The largest absolute Gasteiger partial charge is 0.350 e. The zero-order valence-corrected chi connectivity index (χ0v) is 12.2. The molecular weight excluding hydrogens is 252 g/mol. The van der Waals surface area contributed by atoms with Gasteiger partial charge in [0.05, 0.1) is 24.5 Å². The SMILES string of the molecule is Cn1cnc(CNC(=O)C2CNCC23CCCCC3)c1. The van der Waals surface area contributed by atoms with Crippen LogP contribution in [0.1, 0.15) is 37.8 Å². The fourth-order valence-corrected chi connectivity index (χ4v) is 3.82. The summed E-state index contributed by atoms with van der Waals surface area (Å²) in [5, 5.41) is 6.51. The average molecular weight is 276 g/mol. The molecule has 2 N–H and O–H groups in total. The van der Waals surface area contributed by atoms with E-state index in [1.165, 1.54) is 32.1 Å². The first kappa shape index (κ1) is 13.6. The van der Waals surface area contributed by atoms with Gasteiger partial charge in [-0.1, -0.05) is 19.3 Å². The lowest BCUT2D eigenvalue weighted by Crippen LogP contribution is -2.42. The summed E-state index contributed by atoms with van der Waals surface area (Å²) >= 11 is 0. The summed E-state index contributed by atoms with van der Waals surface area (Å²) in [6.07, 6.45) is 9.97. The van der Waals surface area contributed by atoms with Gasteiger partial charge in [-0.2, -0.15) is 0 Å². The Morgan fingerprint density at radius 3 is 3.00 bits per heavy atom. The van der Waals surface area contributed by atoms with E-state index in [1.54, 1.807) is 6.33 Å². The smallest absolute Gasteiger partial charge is 0.225 e. The lowest BCUT2D eigenvalue weighted by Gasteiger charge is -2.37. The number of amides is 1. The molecule has 20 heavy (non-hydrogen) atoms. The van der Waals surface area contributed by atoms with Crippen molar-refractivity contribution in [1.82, 2.24) is 20.2 Å². The fraction of sp³-hybridized carbons (Fsp3) is 0.733. The molecule has 1 saturated carbocycles. The molecule has 1 aliphatic carbocycles. The summed E-state index contributed by atoms with van der Waals surface area (Å²) in [7, 11) is 1.94. The number of carbonyl (C=O) groups is 1. The number of nitrogens with zero attached hydrogens (tertiary/aromatic N) is 2. The van der Waals surface area contributed by atoms with E-state index in [0.29, 0.717) is 6.54 Å². The molecule has 1 amide bonds. The van der Waals surface area contributed by atoms with Gasteiger partial charge in [-0.3, -0.25) is 4.79 Å². The minimum atomic E-state index is 0.131. The first-order valence-corrected chi connectivity index (χ1v) is 7.65. The van der Waals surface area contributed by atoms with Crippen molar-refractivity contribution in [3.05, 3.63) is 18.2 Å². The molecule has 0 radical (unpaired) electrons. The number of aromatic nitrogens is 2. The van der Waals surface area contributed by atoms with Crippen LogP contribution in [-0.4, -0.2) is 28.5 Å². The maximum atomic E-state index is 12.5. The molecule has 1 aliphatic heterocycles. The Labute approximate surface area is 120 Å². The van der Waals surface area contributed by atoms with Gasteiger partial charge in [0, 0.05) is 26.3 Å². The molecule has 1 aromatic rings. The zero-order chi connectivity index (χ0) is 14.0. The summed E-state index contributed by atoms with van der Waals surface area (Å²) in [6.45, 7) is 2.37. The second kappa shape index (κ2) is 5.56. The van der Waals surface area contributed by atoms with Crippen LogP contribution in [0, 0.1) is 11.3 Å². The van der Waals surface area contributed by atoms with Crippen molar-refractivity contribution in [2.75, 3.05) is 13.1 Å². The Morgan fingerprint density at radius 1 is 1.50 bits per heavy atom. The molecule has 110 valence electrons. The maximum Gasteiger partial charge on any atom is 0.225 e. The van der Waals surface area contributed by atoms with Gasteiger partial charge in [-0.05, 0) is 18.3 Å². The lowest BCUT2D eigenvalue weighted by molar-refractivity contribution is -0.128. The molecule has 5 heteroatoms. The first-order chi connectivity index (χ1) is 9.70. The molecule has 1 spiro atoms. The van der Waals surface area contributed by atoms with Crippen LogP contribution in [0.3, 0.4) is 0 Å². The van der Waals surface area contributed by atoms with Gasteiger partial charge < -0.3 is 15.2 Å². The minimum absolute atomic E-state index is 0.131. The van der Waals surface area contributed by atoms with Crippen molar-refractivity contribution in [3.8, 4) is 0 Å². The topological polar surface area (TPSA) is 59.0 Å². The summed E-state index contributed by atoms with van der Waals surface area (Å²) in [6, 6.07) is 0. The summed E-state index contributed by atoms with van der Waals surface area (Å²) in [4.78, 5) is 16.8. The van der Waals surface area contributed by atoms with E-state index in [0.717, 1.165) is 18.8 Å². The van der Waals surface area contributed by atoms with Crippen LogP contribution in [0.4, 0.5) is 0 Å². The van der Waals surface area contributed by atoms with Crippen molar-refractivity contribution >= 4 is 5.91 Å². The number of nitrogens with one attached hydrogen (secondary N) is 2. The van der Waals surface area contributed by atoms with Crippen LogP contribution in [0.2, 0.25) is 0 Å². The van der Waals surface area contributed by atoms with Gasteiger partial charge in [0.15, 0.2) is 0 Å². The quantitative estimate of drug-likeness (QED) is 0.872. The molecular formula is C15H24N4O. The third-order valence-corrected chi connectivity index (χ3v) is 4.93. The normalized spacial score (nSPS) is 24.9. The van der Waals surface area contributed by atoms with Crippen LogP contribution in [-0.2, 0) is 18.4 Å². The predicted octanol–water partition coefficient (Wildman–Crippen LogP) is 1.21. The molecule has 3 rings (SSSR count). The van der Waals surface area contributed by atoms with Gasteiger partial charge in [0.1, 0.15) is 0 Å². The average Bonchev–Trinajstić information content (AvgIpc) is 3.04. The van der Waals surface area contributed by atoms with Gasteiger partial charge in [-0.15, -0.1) is 0 Å². The molecule has 2 heterocycles. The summed E-state index contributed by atoms with van der Waals surface area (Å²) in [5.74, 6) is 0.328. The highest BCUT2D eigenvalue weighted by Crippen LogP contribution is 2.44. The van der Waals surface area contributed by atoms with Gasteiger partial charge in [0.25, 0.3) is 0 Å². The number of aryl methyl sites for hydroxylation is 1. The number of hydrogen-bond acceptors (Lipinski definition) is 3. The number of hydrogen-bond donors (Lipinski definition) is 2. The third kappa shape index (κ3) is 2.59. The highest BCUT2D eigenvalue weighted by molar-refractivity contribution is 5.80. The Hall–Kier alpha value is -1.36. The molecule has 0 aromatic carbocycles. The van der Waals surface area contributed by atoms with Gasteiger partial charge >= 0.3 is 0 Å². The monoisotopic (exact) mass is 276 g/mol. The second-order valence-corrected chi connectivity index (χ2v) is 6.35. The standard InChI is InChI=1S/C15H24N4O/c1-19-9-12(18-11-19)7-17-14(20)13-8-16-10-15(13)5-3-2-4-6-15/h9,11,13,16H,2-8,10H2,1H3,(H,17,20). The van der Waals surface area contributed by atoms with E-state index < -0.39 is 0 Å². The van der Waals surface area contributed by atoms with Crippen LogP contribution in [0.25, 0.3) is 0 Å². The highest BCUT2D eigenvalue weighted by atomic mass is 16.2. The van der Waals surface area contributed by atoms with Gasteiger partial charge in [0.2, 0.25) is 5.91 Å². The number of rotatable bonds is 3. The highest BCUT2D eigenvalue weighted by Gasteiger charge is 2.46. The van der Waals surface area contributed by atoms with Crippen molar-refractivity contribution in [3.63, 3.8) is 0 Å². The van der Waals surface area contributed by atoms with E-state index in [1.807, 2.05) is 17.8 Å². The Balaban J connectivity index is 1.61. The van der Waals surface area contributed by atoms with Crippen molar-refractivity contribution in [1.29, 1.82) is 0 Å². The fourth-order valence-electron chi connectivity index (χ4n) is 3.82. The third-order valence-electron chi connectivity index (χ3n) is 4.93. The van der Waals surface area contributed by atoms with E-state index in [4.69, 9.17) is 0 Å². The molecule has 2 fully saturated rings. The van der Waals surface area contributed by atoms with E-state index >= 15 is 0 Å². The van der Waals surface area contributed by atoms with Gasteiger partial charge in [-0.25, -0.2) is 4.98 Å².